The first kappa shape index (κ1) is 16.6. The molecule has 0 aliphatic carbocycles. The van der Waals surface area contributed by atoms with E-state index in [2.05, 4.69) is 0 Å². The summed E-state index contributed by atoms with van der Waals surface area (Å²) >= 11 is 0. The summed E-state index contributed by atoms with van der Waals surface area (Å²) in [7, 11) is 3.18. The van der Waals surface area contributed by atoms with E-state index in [1.165, 1.54) is 0 Å². The average molecular weight is 283 g/mol. The van der Waals surface area contributed by atoms with Crippen LogP contribution in [0.2, 0.25) is 0 Å². The van der Waals surface area contributed by atoms with E-state index in [0.717, 1.165) is 0 Å². The van der Waals surface area contributed by atoms with Crippen LogP contribution in [0.4, 0.5) is 0 Å². The van der Waals surface area contributed by atoms with E-state index < -0.39 is 5.60 Å². The molecule has 0 heterocycles. The van der Waals surface area contributed by atoms with Gasteiger partial charge in [-0.3, -0.25) is 0 Å². The van der Waals surface area contributed by atoms with E-state index in [-0.39, 0.29) is 6.54 Å². The fourth-order valence-electron chi connectivity index (χ4n) is 1.96. The molecule has 0 radical (unpaired) electrons. The normalized spacial score (nSPS) is 13.7. The van der Waals surface area contributed by atoms with Gasteiger partial charge in [0.15, 0.2) is 11.5 Å². The van der Waals surface area contributed by atoms with Gasteiger partial charge in [-0.2, -0.15) is 0 Å². The summed E-state index contributed by atoms with van der Waals surface area (Å²) in [5, 5.41) is 10.1. The molecule has 0 aliphatic rings. The summed E-state index contributed by atoms with van der Waals surface area (Å²) in [4.78, 5) is 0. The van der Waals surface area contributed by atoms with Gasteiger partial charge in [-0.1, -0.05) is 13.0 Å². The lowest BCUT2D eigenvalue weighted by atomic mass is 9.95. The number of nitrogens with two attached hydrogens (primary N) is 1. The molecule has 0 saturated heterocycles. The smallest absolute Gasteiger partial charge is 0.203 e. The Hall–Kier alpha value is -1.46. The van der Waals surface area contributed by atoms with Crippen molar-refractivity contribution < 1.29 is 19.3 Å². The number of rotatable bonds is 9. The predicted octanol–water partition coefficient (Wildman–Crippen LogP) is 1.96. The third-order valence-corrected chi connectivity index (χ3v) is 3.45. The highest BCUT2D eigenvalue weighted by Gasteiger charge is 2.22. The van der Waals surface area contributed by atoms with Crippen LogP contribution in [0.15, 0.2) is 18.2 Å². The van der Waals surface area contributed by atoms with Crippen molar-refractivity contribution in [2.75, 3.05) is 27.4 Å². The highest BCUT2D eigenvalue weighted by Crippen LogP contribution is 2.36. The van der Waals surface area contributed by atoms with Crippen LogP contribution in [-0.4, -0.2) is 38.1 Å². The summed E-state index contributed by atoms with van der Waals surface area (Å²) in [6.45, 7) is 2.66. The Balaban J connectivity index is 2.58. The number of ether oxygens (including phenoxy) is 3. The van der Waals surface area contributed by atoms with Gasteiger partial charge in [0.2, 0.25) is 5.75 Å². The van der Waals surface area contributed by atoms with Gasteiger partial charge in [0.05, 0.1) is 26.4 Å². The molecule has 0 saturated carbocycles. The molecule has 114 valence electrons. The van der Waals surface area contributed by atoms with E-state index in [1.54, 1.807) is 14.2 Å². The highest BCUT2D eigenvalue weighted by atomic mass is 16.5. The van der Waals surface area contributed by atoms with Crippen LogP contribution >= 0.6 is 0 Å². The van der Waals surface area contributed by atoms with E-state index in [9.17, 15) is 5.11 Å². The topological polar surface area (TPSA) is 73.9 Å². The minimum absolute atomic E-state index is 0.265. The van der Waals surface area contributed by atoms with Gasteiger partial charge in [0, 0.05) is 6.54 Å². The van der Waals surface area contributed by atoms with Crippen LogP contribution in [0.5, 0.6) is 17.2 Å². The fourth-order valence-corrected chi connectivity index (χ4v) is 1.96. The molecule has 0 fully saturated rings. The Morgan fingerprint density at radius 1 is 1.20 bits per heavy atom. The standard InChI is InChI=1S/C15H25NO4/c1-4-15(17,11-16)9-6-10-20-14-12(18-2)7-5-8-13(14)19-3/h5,7-8,17H,4,6,9-11,16H2,1-3H3. The van der Waals surface area contributed by atoms with Gasteiger partial charge >= 0.3 is 0 Å². The second-order valence-corrected chi connectivity index (χ2v) is 4.73. The predicted molar refractivity (Wildman–Crippen MR) is 78.6 cm³/mol. The zero-order valence-corrected chi connectivity index (χ0v) is 12.5. The second-order valence-electron chi connectivity index (χ2n) is 4.73. The van der Waals surface area contributed by atoms with Crippen molar-refractivity contribution >= 4 is 0 Å². The molecule has 0 aliphatic heterocycles. The molecule has 0 bridgehead atoms. The first-order valence-electron chi connectivity index (χ1n) is 6.86. The van der Waals surface area contributed by atoms with E-state index in [0.29, 0.717) is 43.1 Å². The molecule has 1 rings (SSSR count). The third kappa shape index (κ3) is 4.28. The molecule has 1 aromatic rings. The first-order valence-corrected chi connectivity index (χ1v) is 6.86. The number of para-hydroxylation sites is 1. The Morgan fingerprint density at radius 3 is 2.25 bits per heavy atom. The molecule has 1 atom stereocenters. The van der Waals surface area contributed by atoms with Gasteiger partial charge in [-0.25, -0.2) is 0 Å². The van der Waals surface area contributed by atoms with E-state index >= 15 is 0 Å². The lowest BCUT2D eigenvalue weighted by Crippen LogP contribution is -2.37. The number of aliphatic hydroxyl groups is 1. The Bertz CT molecular complexity index is 383. The SMILES string of the molecule is CCC(O)(CN)CCCOc1c(OC)cccc1OC. The molecule has 0 aromatic heterocycles. The number of benzene rings is 1. The molecule has 20 heavy (non-hydrogen) atoms. The van der Waals surface area contributed by atoms with Gasteiger partial charge in [0.25, 0.3) is 0 Å². The number of hydrogen-bond donors (Lipinski definition) is 2. The maximum atomic E-state index is 10.1. The fraction of sp³-hybridized carbons (Fsp3) is 0.600. The molecule has 5 nitrogen and oxygen atoms in total. The van der Waals surface area contributed by atoms with Crippen LogP contribution in [0.25, 0.3) is 0 Å². The average Bonchev–Trinajstić information content (AvgIpc) is 2.50. The maximum absolute atomic E-state index is 10.1. The summed E-state index contributed by atoms with van der Waals surface area (Å²) < 4.78 is 16.2. The van der Waals surface area contributed by atoms with Crippen LogP contribution in [-0.2, 0) is 0 Å². The van der Waals surface area contributed by atoms with Crippen molar-refractivity contribution in [1.82, 2.24) is 0 Å². The minimum atomic E-state index is -0.797. The summed E-state index contributed by atoms with van der Waals surface area (Å²) in [5.41, 5.74) is 4.77. The molecule has 1 aromatic carbocycles. The van der Waals surface area contributed by atoms with Crippen molar-refractivity contribution in [1.29, 1.82) is 0 Å². The molecular weight excluding hydrogens is 258 g/mol. The lowest BCUT2D eigenvalue weighted by molar-refractivity contribution is 0.0307. The first-order chi connectivity index (χ1) is 9.60. The molecule has 5 heteroatoms. The van der Waals surface area contributed by atoms with Gasteiger partial charge in [-0.05, 0) is 31.4 Å². The van der Waals surface area contributed by atoms with Crippen molar-refractivity contribution in [2.45, 2.75) is 31.8 Å². The van der Waals surface area contributed by atoms with Crippen LogP contribution < -0.4 is 19.9 Å². The Morgan fingerprint density at radius 2 is 1.80 bits per heavy atom. The van der Waals surface area contributed by atoms with Crippen LogP contribution in [0, 0.1) is 0 Å². The van der Waals surface area contributed by atoms with Gasteiger partial charge < -0.3 is 25.1 Å². The van der Waals surface area contributed by atoms with Crippen molar-refractivity contribution in [3.05, 3.63) is 18.2 Å². The summed E-state index contributed by atoms with van der Waals surface area (Å²) in [6.07, 6.45) is 1.96. The van der Waals surface area contributed by atoms with Crippen LogP contribution in [0.3, 0.4) is 0 Å². The third-order valence-electron chi connectivity index (χ3n) is 3.45. The number of methoxy groups -OCH3 is 2. The maximum Gasteiger partial charge on any atom is 0.203 e. The van der Waals surface area contributed by atoms with E-state index in [4.69, 9.17) is 19.9 Å². The molecule has 0 spiro atoms. The van der Waals surface area contributed by atoms with E-state index in [1.807, 2.05) is 25.1 Å². The molecule has 1 unspecified atom stereocenters. The largest absolute Gasteiger partial charge is 0.493 e. The van der Waals surface area contributed by atoms with Gasteiger partial charge in [-0.15, -0.1) is 0 Å². The van der Waals surface area contributed by atoms with Crippen molar-refractivity contribution in [2.24, 2.45) is 5.73 Å². The monoisotopic (exact) mass is 283 g/mol. The highest BCUT2D eigenvalue weighted by molar-refractivity contribution is 5.51. The Labute approximate surface area is 120 Å². The molecule has 3 N–H and O–H groups in total. The van der Waals surface area contributed by atoms with Crippen molar-refractivity contribution in [3.8, 4) is 17.2 Å². The summed E-state index contributed by atoms with van der Waals surface area (Å²) in [6, 6.07) is 5.48. The minimum Gasteiger partial charge on any atom is -0.493 e. The zero-order chi connectivity index (χ0) is 15.0. The van der Waals surface area contributed by atoms with Crippen molar-refractivity contribution in [3.63, 3.8) is 0 Å². The quantitative estimate of drug-likeness (QED) is 0.678. The second kappa shape index (κ2) is 7.97. The molecule has 0 amide bonds. The number of hydrogen-bond acceptors (Lipinski definition) is 5. The Kier molecular flexibility index (Phi) is 6.61. The zero-order valence-electron chi connectivity index (χ0n) is 12.5. The van der Waals surface area contributed by atoms with Crippen LogP contribution in [0.1, 0.15) is 26.2 Å². The summed E-state index contributed by atoms with van der Waals surface area (Å²) in [5.74, 6) is 1.85. The lowest BCUT2D eigenvalue weighted by Gasteiger charge is -2.24. The molecular formula is C15H25NO4. The van der Waals surface area contributed by atoms with Gasteiger partial charge in [0.1, 0.15) is 0 Å².